The fraction of sp³-hybridized carbons (Fsp3) is 0.353. The molecule has 0 spiro atoms. The maximum Gasteiger partial charge on any atom is 0.0579 e. The topological polar surface area (TPSA) is 24.9 Å². The molecular formula is C17H20Cl2N2. The molecule has 112 valence electrons. The van der Waals surface area contributed by atoms with Gasteiger partial charge >= 0.3 is 0 Å². The number of hydrogen-bond acceptors (Lipinski definition) is 2. The Morgan fingerprint density at radius 2 is 2.00 bits per heavy atom. The largest absolute Gasteiger partial charge is 0.308 e. The van der Waals surface area contributed by atoms with Crippen molar-refractivity contribution in [2.45, 2.75) is 32.7 Å². The SMILES string of the molecule is CCCNC(Cc1ccc(Cl)cc1Cl)c1cccc(C)n1. The van der Waals surface area contributed by atoms with Gasteiger partial charge in [-0.05, 0) is 56.1 Å². The van der Waals surface area contributed by atoms with Crippen molar-refractivity contribution in [2.75, 3.05) is 6.54 Å². The third kappa shape index (κ3) is 4.70. The molecule has 4 heteroatoms. The third-order valence-corrected chi connectivity index (χ3v) is 3.93. The Labute approximate surface area is 136 Å². The van der Waals surface area contributed by atoms with E-state index in [2.05, 4.69) is 23.3 Å². The third-order valence-electron chi connectivity index (χ3n) is 3.35. The average molecular weight is 323 g/mol. The van der Waals surface area contributed by atoms with Crippen molar-refractivity contribution in [2.24, 2.45) is 0 Å². The highest BCUT2D eigenvalue weighted by atomic mass is 35.5. The zero-order valence-electron chi connectivity index (χ0n) is 12.4. The van der Waals surface area contributed by atoms with Gasteiger partial charge in [-0.25, -0.2) is 0 Å². The molecule has 1 heterocycles. The van der Waals surface area contributed by atoms with Crippen LogP contribution >= 0.6 is 23.2 Å². The van der Waals surface area contributed by atoms with Crippen LogP contribution in [0.15, 0.2) is 36.4 Å². The van der Waals surface area contributed by atoms with Crippen LogP contribution in [0.1, 0.15) is 36.3 Å². The van der Waals surface area contributed by atoms with Gasteiger partial charge in [0, 0.05) is 15.7 Å². The number of nitrogens with zero attached hydrogens (tertiary/aromatic N) is 1. The van der Waals surface area contributed by atoms with Gasteiger partial charge in [0.2, 0.25) is 0 Å². The molecule has 1 atom stereocenters. The van der Waals surface area contributed by atoms with Gasteiger partial charge in [-0.1, -0.05) is 42.3 Å². The van der Waals surface area contributed by atoms with E-state index < -0.39 is 0 Å². The molecule has 1 N–H and O–H groups in total. The predicted molar refractivity (Wildman–Crippen MR) is 90.2 cm³/mol. The molecule has 0 saturated heterocycles. The van der Waals surface area contributed by atoms with E-state index in [1.54, 1.807) is 6.07 Å². The number of pyridine rings is 1. The molecule has 1 aromatic carbocycles. The van der Waals surface area contributed by atoms with Crippen LogP contribution in [-0.4, -0.2) is 11.5 Å². The monoisotopic (exact) mass is 322 g/mol. The molecule has 0 bridgehead atoms. The fourth-order valence-electron chi connectivity index (χ4n) is 2.27. The van der Waals surface area contributed by atoms with Crippen molar-refractivity contribution in [1.82, 2.24) is 10.3 Å². The van der Waals surface area contributed by atoms with Crippen molar-refractivity contribution >= 4 is 23.2 Å². The summed E-state index contributed by atoms with van der Waals surface area (Å²) < 4.78 is 0. The van der Waals surface area contributed by atoms with E-state index in [1.807, 2.05) is 31.2 Å². The van der Waals surface area contributed by atoms with Gasteiger partial charge in [0.15, 0.2) is 0 Å². The molecule has 0 aliphatic heterocycles. The molecule has 0 aliphatic carbocycles. The number of benzene rings is 1. The van der Waals surface area contributed by atoms with Crippen LogP contribution in [0, 0.1) is 6.92 Å². The van der Waals surface area contributed by atoms with E-state index in [9.17, 15) is 0 Å². The van der Waals surface area contributed by atoms with E-state index in [0.717, 1.165) is 36.3 Å². The van der Waals surface area contributed by atoms with Gasteiger partial charge in [0.25, 0.3) is 0 Å². The highest BCUT2D eigenvalue weighted by Crippen LogP contribution is 2.25. The second-order valence-corrected chi connectivity index (χ2v) is 5.99. The van der Waals surface area contributed by atoms with Crippen LogP contribution in [-0.2, 0) is 6.42 Å². The van der Waals surface area contributed by atoms with Crippen LogP contribution in [0.5, 0.6) is 0 Å². The quantitative estimate of drug-likeness (QED) is 0.811. The maximum atomic E-state index is 6.29. The maximum absolute atomic E-state index is 6.29. The number of aryl methyl sites for hydroxylation is 1. The average Bonchev–Trinajstić information content (AvgIpc) is 2.45. The lowest BCUT2D eigenvalue weighted by Crippen LogP contribution is -2.25. The molecule has 0 saturated carbocycles. The zero-order valence-corrected chi connectivity index (χ0v) is 13.9. The first-order chi connectivity index (χ1) is 10.1. The van der Waals surface area contributed by atoms with Crippen LogP contribution in [0.4, 0.5) is 0 Å². The molecule has 21 heavy (non-hydrogen) atoms. The van der Waals surface area contributed by atoms with Crippen molar-refractivity contribution in [1.29, 1.82) is 0 Å². The normalized spacial score (nSPS) is 12.4. The number of hydrogen-bond donors (Lipinski definition) is 1. The number of nitrogens with one attached hydrogen (secondary N) is 1. The molecule has 0 amide bonds. The first-order valence-electron chi connectivity index (χ1n) is 7.21. The van der Waals surface area contributed by atoms with Crippen molar-refractivity contribution < 1.29 is 0 Å². The van der Waals surface area contributed by atoms with Crippen molar-refractivity contribution in [3.05, 3.63) is 63.4 Å². The summed E-state index contributed by atoms with van der Waals surface area (Å²) in [5.41, 5.74) is 3.16. The molecule has 0 fully saturated rings. The summed E-state index contributed by atoms with van der Waals surface area (Å²) in [6, 6.07) is 11.9. The summed E-state index contributed by atoms with van der Waals surface area (Å²) in [7, 11) is 0. The van der Waals surface area contributed by atoms with E-state index in [4.69, 9.17) is 23.2 Å². The highest BCUT2D eigenvalue weighted by Gasteiger charge is 2.15. The zero-order chi connectivity index (χ0) is 15.2. The van der Waals surface area contributed by atoms with Crippen molar-refractivity contribution in [3.63, 3.8) is 0 Å². The summed E-state index contributed by atoms with van der Waals surface area (Å²) in [5, 5.41) is 4.92. The fourth-order valence-corrected chi connectivity index (χ4v) is 2.75. The van der Waals surface area contributed by atoms with E-state index in [1.165, 1.54) is 0 Å². The van der Waals surface area contributed by atoms with Crippen LogP contribution in [0.2, 0.25) is 10.0 Å². The first kappa shape index (κ1) is 16.3. The first-order valence-corrected chi connectivity index (χ1v) is 7.96. The lowest BCUT2D eigenvalue weighted by atomic mass is 10.0. The summed E-state index contributed by atoms with van der Waals surface area (Å²) in [6.07, 6.45) is 1.88. The predicted octanol–water partition coefficient (Wildman–Crippen LogP) is 4.98. The lowest BCUT2D eigenvalue weighted by Gasteiger charge is -2.19. The summed E-state index contributed by atoms with van der Waals surface area (Å²) in [5.74, 6) is 0. The van der Waals surface area contributed by atoms with Crippen LogP contribution in [0.25, 0.3) is 0 Å². The molecular weight excluding hydrogens is 303 g/mol. The smallest absolute Gasteiger partial charge is 0.0579 e. The lowest BCUT2D eigenvalue weighted by molar-refractivity contribution is 0.517. The minimum atomic E-state index is 0.156. The molecule has 2 nitrogen and oxygen atoms in total. The van der Waals surface area contributed by atoms with Gasteiger partial charge in [0.05, 0.1) is 11.7 Å². The minimum Gasteiger partial charge on any atom is -0.308 e. The van der Waals surface area contributed by atoms with Crippen LogP contribution in [0.3, 0.4) is 0 Å². The standard InChI is InChI=1S/C17H20Cl2N2/c1-3-9-20-17(16-6-4-5-12(2)21-16)10-13-7-8-14(18)11-15(13)19/h4-8,11,17,20H,3,9-10H2,1-2H3. The molecule has 2 rings (SSSR count). The second kappa shape index (κ2) is 7.79. The second-order valence-electron chi connectivity index (χ2n) is 5.15. The minimum absolute atomic E-state index is 0.156. The molecule has 0 radical (unpaired) electrons. The summed E-state index contributed by atoms with van der Waals surface area (Å²) >= 11 is 12.3. The molecule has 1 aromatic heterocycles. The van der Waals surface area contributed by atoms with Gasteiger partial charge in [0.1, 0.15) is 0 Å². The highest BCUT2D eigenvalue weighted by molar-refractivity contribution is 6.35. The molecule has 1 unspecified atom stereocenters. The van der Waals surface area contributed by atoms with Crippen LogP contribution < -0.4 is 5.32 Å². The van der Waals surface area contributed by atoms with Gasteiger partial charge < -0.3 is 5.32 Å². The Hall–Kier alpha value is -1.09. The molecule has 2 aromatic rings. The Morgan fingerprint density at radius 3 is 2.67 bits per heavy atom. The number of halogens is 2. The van der Waals surface area contributed by atoms with Gasteiger partial charge in [-0.15, -0.1) is 0 Å². The Kier molecular flexibility index (Phi) is 6.04. The summed E-state index contributed by atoms with van der Waals surface area (Å²) in [4.78, 5) is 4.64. The number of aromatic nitrogens is 1. The van der Waals surface area contributed by atoms with Crippen molar-refractivity contribution in [3.8, 4) is 0 Å². The summed E-state index contributed by atoms with van der Waals surface area (Å²) in [6.45, 7) is 5.12. The Morgan fingerprint density at radius 1 is 1.19 bits per heavy atom. The van der Waals surface area contributed by atoms with E-state index >= 15 is 0 Å². The van der Waals surface area contributed by atoms with E-state index in [-0.39, 0.29) is 6.04 Å². The Bertz CT molecular complexity index is 599. The Balaban J connectivity index is 2.23. The van der Waals surface area contributed by atoms with Gasteiger partial charge in [-0.2, -0.15) is 0 Å². The van der Waals surface area contributed by atoms with E-state index in [0.29, 0.717) is 10.0 Å². The molecule has 0 aliphatic rings. The number of rotatable bonds is 6. The van der Waals surface area contributed by atoms with Gasteiger partial charge in [-0.3, -0.25) is 4.98 Å².